The first kappa shape index (κ1) is 17.3. The molecule has 2 aliphatic rings. The number of nitrogens with one attached hydrogen (secondary N) is 1. The summed E-state index contributed by atoms with van der Waals surface area (Å²) in [5.74, 6) is -0.211. The Hall–Kier alpha value is -2.57. The van der Waals surface area contributed by atoms with E-state index in [-0.39, 0.29) is 36.7 Å². The first-order valence-corrected chi connectivity index (χ1v) is 8.69. The third kappa shape index (κ3) is 4.29. The number of imide groups is 1. The van der Waals surface area contributed by atoms with Crippen molar-refractivity contribution in [3.8, 4) is 5.75 Å². The quantitative estimate of drug-likeness (QED) is 0.786. The molecule has 2 saturated heterocycles. The van der Waals surface area contributed by atoms with Gasteiger partial charge < -0.3 is 14.9 Å². The van der Waals surface area contributed by atoms with Crippen LogP contribution in [0.4, 0.5) is 4.79 Å². The number of carbonyl (C=O) groups excluding carboxylic acids is 3. The van der Waals surface area contributed by atoms with Gasteiger partial charge in [0.25, 0.3) is 0 Å². The van der Waals surface area contributed by atoms with E-state index in [0.29, 0.717) is 6.54 Å². The van der Waals surface area contributed by atoms with Gasteiger partial charge in [-0.25, -0.2) is 4.79 Å². The third-order valence-corrected chi connectivity index (χ3v) is 4.84. The van der Waals surface area contributed by atoms with Gasteiger partial charge in [0.05, 0.1) is 0 Å². The van der Waals surface area contributed by atoms with E-state index < -0.39 is 6.03 Å². The first-order chi connectivity index (χ1) is 12.0. The monoisotopic (exact) mass is 345 g/mol. The molecule has 0 radical (unpaired) electrons. The van der Waals surface area contributed by atoms with E-state index >= 15 is 0 Å². The molecule has 0 saturated carbocycles. The minimum absolute atomic E-state index is 0.0451. The molecule has 25 heavy (non-hydrogen) atoms. The number of hydrogen-bond acceptors (Lipinski definition) is 4. The smallest absolute Gasteiger partial charge is 0.325 e. The molecule has 7 heteroatoms. The number of aromatic hydroxyl groups is 1. The van der Waals surface area contributed by atoms with Crippen LogP contribution in [0.3, 0.4) is 0 Å². The van der Waals surface area contributed by atoms with Gasteiger partial charge in [0, 0.05) is 12.6 Å². The number of phenolic OH excluding ortho intramolecular Hbond substituents is 1. The fourth-order valence-electron chi connectivity index (χ4n) is 3.49. The molecule has 4 amide bonds. The van der Waals surface area contributed by atoms with Crippen LogP contribution in [0.1, 0.15) is 31.2 Å². The van der Waals surface area contributed by atoms with Crippen molar-refractivity contribution in [2.75, 3.05) is 19.6 Å². The number of carbonyl (C=O) groups is 3. The summed E-state index contributed by atoms with van der Waals surface area (Å²) in [5.41, 5.74) is 1.13. The fourth-order valence-corrected chi connectivity index (χ4v) is 3.49. The van der Waals surface area contributed by atoms with E-state index in [0.717, 1.165) is 37.7 Å². The number of hydrogen-bond donors (Lipinski definition) is 2. The van der Waals surface area contributed by atoms with Crippen molar-refractivity contribution in [3.63, 3.8) is 0 Å². The van der Waals surface area contributed by atoms with Gasteiger partial charge in [-0.2, -0.15) is 0 Å². The number of benzene rings is 1. The molecule has 0 bridgehead atoms. The molecule has 1 unspecified atom stereocenters. The van der Waals surface area contributed by atoms with Crippen LogP contribution in [-0.2, 0) is 16.0 Å². The van der Waals surface area contributed by atoms with Crippen LogP contribution in [0.25, 0.3) is 0 Å². The summed E-state index contributed by atoms with van der Waals surface area (Å²) in [7, 11) is 0. The Morgan fingerprint density at radius 3 is 2.64 bits per heavy atom. The van der Waals surface area contributed by atoms with Crippen molar-refractivity contribution < 1.29 is 19.5 Å². The lowest BCUT2D eigenvalue weighted by atomic mass is 9.95. The standard InChI is InChI=1S/C18H23N3O4/c22-15-8-5-13(6-9-15)4-7-14-3-1-2-10-21(14)17(24)12-20-11-16(23)19-18(20)25/h5-6,8-9,14,22H,1-4,7,10-12H2,(H,19,23,25). The molecule has 7 nitrogen and oxygen atoms in total. The van der Waals surface area contributed by atoms with Crippen LogP contribution in [0, 0.1) is 0 Å². The average molecular weight is 345 g/mol. The number of phenols is 1. The maximum Gasteiger partial charge on any atom is 0.325 e. The summed E-state index contributed by atoms with van der Waals surface area (Å²) in [4.78, 5) is 38.6. The number of urea groups is 1. The van der Waals surface area contributed by atoms with Gasteiger partial charge in [-0.05, 0) is 49.8 Å². The first-order valence-electron chi connectivity index (χ1n) is 8.69. The second-order valence-electron chi connectivity index (χ2n) is 6.65. The van der Waals surface area contributed by atoms with Crippen molar-refractivity contribution in [3.05, 3.63) is 29.8 Å². The van der Waals surface area contributed by atoms with Crippen LogP contribution in [0.15, 0.2) is 24.3 Å². The van der Waals surface area contributed by atoms with Crippen molar-refractivity contribution in [1.82, 2.24) is 15.1 Å². The van der Waals surface area contributed by atoms with Crippen LogP contribution in [0.2, 0.25) is 0 Å². The van der Waals surface area contributed by atoms with Crippen molar-refractivity contribution >= 4 is 17.8 Å². The molecule has 2 aliphatic heterocycles. The Bertz CT molecular complexity index is 659. The lowest BCUT2D eigenvalue weighted by Crippen LogP contribution is -2.48. The normalized spacial score (nSPS) is 20.7. The third-order valence-electron chi connectivity index (χ3n) is 4.84. The zero-order valence-corrected chi connectivity index (χ0v) is 14.1. The van der Waals surface area contributed by atoms with Gasteiger partial charge >= 0.3 is 6.03 Å². The maximum absolute atomic E-state index is 12.6. The zero-order chi connectivity index (χ0) is 17.8. The second-order valence-corrected chi connectivity index (χ2v) is 6.65. The molecule has 2 N–H and O–H groups in total. The molecule has 2 fully saturated rings. The number of amides is 4. The Kier molecular flexibility index (Phi) is 5.21. The summed E-state index contributed by atoms with van der Waals surface area (Å²) >= 11 is 0. The molecular weight excluding hydrogens is 322 g/mol. The Morgan fingerprint density at radius 2 is 1.96 bits per heavy atom. The highest BCUT2D eigenvalue weighted by molar-refractivity contribution is 6.03. The largest absolute Gasteiger partial charge is 0.508 e. The summed E-state index contributed by atoms with van der Waals surface area (Å²) in [6.45, 7) is 0.604. The molecule has 134 valence electrons. The maximum atomic E-state index is 12.6. The lowest BCUT2D eigenvalue weighted by Gasteiger charge is -2.36. The van der Waals surface area contributed by atoms with Crippen molar-refractivity contribution in [2.45, 2.75) is 38.1 Å². The molecule has 3 rings (SSSR count). The van der Waals surface area contributed by atoms with Crippen LogP contribution in [0.5, 0.6) is 5.75 Å². The predicted octanol–water partition coefficient (Wildman–Crippen LogP) is 1.26. The molecule has 0 spiro atoms. The average Bonchev–Trinajstić information content (AvgIpc) is 2.92. The van der Waals surface area contributed by atoms with Gasteiger partial charge in [0.2, 0.25) is 11.8 Å². The minimum Gasteiger partial charge on any atom is -0.508 e. The molecular formula is C18H23N3O4. The van der Waals surface area contributed by atoms with Crippen molar-refractivity contribution in [1.29, 1.82) is 0 Å². The topological polar surface area (TPSA) is 90.0 Å². The summed E-state index contributed by atoms with van der Waals surface area (Å²) in [5, 5.41) is 11.5. The minimum atomic E-state index is -0.490. The molecule has 0 aliphatic carbocycles. The van der Waals surface area contributed by atoms with E-state index in [9.17, 15) is 19.5 Å². The fraction of sp³-hybridized carbons (Fsp3) is 0.500. The summed E-state index contributed by atoms with van der Waals surface area (Å²) in [6, 6.07) is 6.78. The molecule has 1 aromatic rings. The summed E-state index contributed by atoms with van der Waals surface area (Å²) < 4.78 is 0. The second kappa shape index (κ2) is 7.55. The van der Waals surface area contributed by atoms with E-state index in [2.05, 4.69) is 5.32 Å². The van der Waals surface area contributed by atoms with Gasteiger partial charge in [-0.3, -0.25) is 14.9 Å². The van der Waals surface area contributed by atoms with Gasteiger partial charge in [0.15, 0.2) is 0 Å². The van der Waals surface area contributed by atoms with E-state index in [1.807, 2.05) is 17.0 Å². The highest BCUT2D eigenvalue weighted by Gasteiger charge is 2.32. The Labute approximate surface area is 146 Å². The zero-order valence-electron chi connectivity index (χ0n) is 14.1. The number of aryl methyl sites for hydroxylation is 1. The van der Waals surface area contributed by atoms with Gasteiger partial charge in [-0.15, -0.1) is 0 Å². The summed E-state index contributed by atoms with van der Waals surface area (Å²) in [6.07, 6.45) is 4.69. The highest BCUT2D eigenvalue weighted by atomic mass is 16.3. The number of piperidine rings is 1. The number of nitrogens with zero attached hydrogens (tertiary/aromatic N) is 2. The molecule has 0 aromatic heterocycles. The van der Waals surface area contributed by atoms with Crippen LogP contribution >= 0.6 is 0 Å². The van der Waals surface area contributed by atoms with Gasteiger partial charge in [-0.1, -0.05) is 12.1 Å². The van der Waals surface area contributed by atoms with Crippen molar-refractivity contribution in [2.24, 2.45) is 0 Å². The van der Waals surface area contributed by atoms with E-state index in [1.165, 1.54) is 4.90 Å². The Balaban J connectivity index is 1.58. The molecule has 1 atom stereocenters. The lowest BCUT2D eigenvalue weighted by molar-refractivity contribution is -0.135. The Morgan fingerprint density at radius 1 is 1.20 bits per heavy atom. The van der Waals surface area contributed by atoms with E-state index in [4.69, 9.17) is 0 Å². The predicted molar refractivity (Wildman–Crippen MR) is 90.9 cm³/mol. The van der Waals surface area contributed by atoms with Gasteiger partial charge in [0.1, 0.15) is 18.8 Å². The SMILES string of the molecule is O=C1CN(CC(=O)N2CCCCC2CCc2ccc(O)cc2)C(=O)N1. The van der Waals surface area contributed by atoms with Crippen LogP contribution < -0.4 is 5.32 Å². The number of likely N-dealkylation sites (tertiary alicyclic amines) is 1. The molecule has 1 aromatic carbocycles. The highest BCUT2D eigenvalue weighted by Crippen LogP contribution is 2.22. The molecule has 2 heterocycles. The van der Waals surface area contributed by atoms with E-state index in [1.54, 1.807) is 12.1 Å². The van der Waals surface area contributed by atoms with Crippen LogP contribution in [-0.4, -0.2) is 58.4 Å². The number of rotatable bonds is 5.